The lowest BCUT2D eigenvalue weighted by Crippen LogP contribution is -1.98. The van der Waals surface area contributed by atoms with Crippen molar-refractivity contribution in [2.24, 2.45) is 0 Å². The van der Waals surface area contributed by atoms with Crippen LogP contribution < -0.4 is 5.73 Å². The monoisotopic (exact) mass is 263 g/mol. The summed E-state index contributed by atoms with van der Waals surface area (Å²) in [4.78, 5) is 12.1. The van der Waals surface area contributed by atoms with Crippen LogP contribution >= 0.6 is 11.8 Å². The van der Waals surface area contributed by atoms with Crippen LogP contribution in [0.3, 0.4) is 0 Å². The van der Waals surface area contributed by atoms with Crippen LogP contribution in [0.25, 0.3) is 0 Å². The molecule has 92 valence electrons. The Bertz CT molecular complexity index is 601. The molecule has 0 atom stereocenters. The third-order valence-corrected chi connectivity index (χ3v) is 3.35. The van der Waals surface area contributed by atoms with Crippen molar-refractivity contribution in [1.82, 2.24) is 0 Å². The molecule has 0 aromatic heterocycles. The normalized spacial score (nSPS) is 10.3. The Labute approximate surface area is 107 Å². The fourth-order valence-electron chi connectivity index (χ4n) is 1.41. The molecule has 3 nitrogen and oxygen atoms in total. The topological polar surface area (TPSA) is 63.3 Å². The van der Waals surface area contributed by atoms with Gasteiger partial charge in [-0.15, -0.1) is 0 Å². The number of anilines is 1. The Morgan fingerprint density at radius 1 is 1.22 bits per heavy atom. The highest BCUT2D eigenvalue weighted by molar-refractivity contribution is 7.99. The molecule has 18 heavy (non-hydrogen) atoms. The van der Waals surface area contributed by atoms with Crippen LogP contribution in [0.1, 0.15) is 10.4 Å². The van der Waals surface area contributed by atoms with Crippen molar-refractivity contribution < 1.29 is 14.3 Å². The number of carbonyl (C=O) groups is 1. The minimum Gasteiger partial charge on any atom is -0.478 e. The summed E-state index contributed by atoms with van der Waals surface area (Å²) in [6.07, 6.45) is 0. The van der Waals surface area contributed by atoms with Crippen molar-refractivity contribution in [3.8, 4) is 0 Å². The van der Waals surface area contributed by atoms with Crippen LogP contribution in [-0.4, -0.2) is 11.1 Å². The molecule has 2 aromatic carbocycles. The van der Waals surface area contributed by atoms with E-state index in [2.05, 4.69) is 0 Å². The number of nitrogens with two attached hydrogens (primary N) is 1. The van der Waals surface area contributed by atoms with Gasteiger partial charge in [0.1, 0.15) is 5.82 Å². The standard InChI is InChI=1S/C13H10FNO2S/c14-9-2-1-3-10(7-9)18-12-6-8(13(16)17)4-5-11(12)15/h1-7H,15H2,(H,16,17). The zero-order valence-corrected chi connectivity index (χ0v) is 10.1. The minimum absolute atomic E-state index is 0.156. The third-order valence-electron chi connectivity index (χ3n) is 2.28. The summed E-state index contributed by atoms with van der Waals surface area (Å²) in [7, 11) is 0. The molecule has 0 bridgehead atoms. The number of rotatable bonds is 3. The molecular formula is C13H10FNO2S. The lowest BCUT2D eigenvalue weighted by molar-refractivity contribution is 0.0696. The van der Waals surface area contributed by atoms with Gasteiger partial charge in [-0.2, -0.15) is 0 Å². The molecule has 0 unspecified atom stereocenters. The van der Waals surface area contributed by atoms with Gasteiger partial charge < -0.3 is 10.8 Å². The fourth-order valence-corrected chi connectivity index (χ4v) is 2.36. The van der Waals surface area contributed by atoms with Gasteiger partial charge in [0, 0.05) is 15.5 Å². The van der Waals surface area contributed by atoms with Crippen molar-refractivity contribution in [2.45, 2.75) is 9.79 Å². The second-order valence-corrected chi connectivity index (χ2v) is 4.73. The van der Waals surface area contributed by atoms with Gasteiger partial charge in [-0.3, -0.25) is 0 Å². The number of carboxylic acids is 1. The average Bonchev–Trinajstić information content (AvgIpc) is 2.31. The molecule has 2 rings (SSSR count). The van der Waals surface area contributed by atoms with Gasteiger partial charge in [0.15, 0.2) is 0 Å². The first kappa shape index (κ1) is 12.4. The number of carboxylic acid groups (broad SMARTS) is 1. The largest absolute Gasteiger partial charge is 0.478 e. The first-order valence-corrected chi connectivity index (χ1v) is 5.94. The van der Waals surface area contributed by atoms with E-state index in [0.29, 0.717) is 15.5 Å². The van der Waals surface area contributed by atoms with Gasteiger partial charge in [-0.05, 0) is 36.4 Å². The van der Waals surface area contributed by atoms with E-state index in [0.717, 1.165) is 0 Å². The molecule has 0 fully saturated rings. The number of halogens is 1. The van der Waals surface area contributed by atoms with Crippen molar-refractivity contribution in [2.75, 3.05) is 5.73 Å². The number of hydrogen-bond donors (Lipinski definition) is 2. The summed E-state index contributed by atoms with van der Waals surface area (Å²) in [5, 5.41) is 8.90. The minimum atomic E-state index is -1.02. The van der Waals surface area contributed by atoms with Crippen LogP contribution in [0.5, 0.6) is 0 Å². The molecule has 0 aliphatic rings. The number of hydrogen-bond acceptors (Lipinski definition) is 3. The Kier molecular flexibility index (Phi) is 3.53. The molecule has 0 radical (unpaired) electrons. The highest BCUT2D eigenvalue weighted by atomic mass is 32.2. The van der Waals surface area contributed by atoms with Crippen LogP contribution in [0.4, 0.5) is 10.1 Å². The van der Waals surface area contributed by atoms with Gasteiger partial charge in [-0.25, -0.2) is 9.18 Å². The maximum absolute atomic E-state index is 13.0. The molecule has 0 aliphatic carbocycles. The maximum Gasteiger partial charge on any atom is 0.335 e. The predicted octanol–water partition coefficient (Wildman–Crippen LogP) is 3.26. The van der Waals surface area contributed by atoms with Gasteiger partial charge >= 0.3 is 5.97 Å². The van der Waals surface area contributed by atoms with Gasteiger partial charge in [0.2, 0.25) is 0 Å². The van der Waals surface area contributed by atoms with Crippen molar-refractivity contribution in [3.05, 3.63) is 53.8 Å². The second kappa shape index (κ2) is 5.10. The first-order chi connectivity index (χ1) is 8.56. The van der Waals surface area contributed by atoms with Crippen LogP contribution in [0, 0.1) is 5.82 Å². The van der Waals surface area contributed by atoms with E-state index in [4.69, 9.17) is 10.8 Å². The Balaban J connectivity index is 2.33. The van der Waals surface area contributed by atoms with Crippen LogP contribution in [0.2, 0.25) is 0 Å². The molecule has 5 heteroatoms. The zero-order valence-electron chi connectivity index (χ0n) is 9.26. The summed E-state index contributed by atoms with van der Waals surface area (Å²) in [5.74, 6) is -1.36. The highest BCUT2D eigenvalue weighted by Gasteiger charge is 2.08. The fraction of sp³-hybridized carbons (Fsp3) is 0. The average molecular weight is 263 g/mol. The summed E-state index contributed by atoms with van der Waals surface area (Å²) in [5.41, 5.74) is 6.39. The molecule has 0 amide bonds. The van der Waals surface area contributed by atoms with Crippen LogP contribution in [-0.2, 0) is 0 Å². The molecule has 3 N–H and O–H groups in total. The predicted molar refractivity (Wildman–Crippen MR) is 68.3 cm³/mol. The molecule has 0 saturated heterocycles. The molecule has 0 spiro atoms. The van der Waals surface area contributed by atoms with Crippen molar-refractivity contribution >= 4 is 23.4 Å². The lowest BCUT2D eigenvalue weighted by atomic mass is 10.2. The smallest absolute Gasteiger partial charge is 0.335 e. The second-order valence-electron chi connectivity index (χ2n) is 3.62. The summed E-state index contributed by atoms with van der Waals surface area (Å²) < 4.78 is 13.0. The molecule has 0 aliphatic heterocycles. The van der Waals surface area contributed by atoms with E-state index < -0.39 is 5.97 Å². The summed E-state index contributed by atoms with van der Waals surface area (Å²) in [6, 6.07) is 10.5. The van der Waals surface area contributed by atoms with Gasteiger partial charge in [0.25, 0.3) is 0 Å². The van der Waals surface area contributed by atoms with Gasteiger partial charge in [-0.1, -0.05) is 17.8 Å². The van der Waals surface area contributed by atoms with E-state index in [9.17, 15) is 9.18 Å². The number of nitrogen functional groups attached to an aromatic ring is 1. The SMILES string of the molecule is Nc1ccc(C(=O)O)cc1Sc1cccc(F)c1. The summed E-state index contributed by atoms with van der Waals surface area (Å²) in [6.45, 7) is 0. The molecule has 0 saturated carbocycles. The third kappa shape index (κ3) is 2.81. The molecular weight excluding hydrogens is 253 g/mol. The van der Waals surface area contributed by atoms with E-state index in [1.165, 1.54) is 42.1 Å². The summed E-state index contributed by atoms with van der Waals surface area (Å²) >= 11 is 1.23. The molecule has 0 heterocycles. The Morgan fingerprint density at radius 3 is 2.67 bits per heavy atom. The van der Waals surface area contributed by atoms with Crippen LogP contribution in [0.15, 0.2) is 52.3 Å². The van der Waals surface area contributed by atoms with E-state index in [-0.39, 0.29) is 11.4 Å². The van der Waals surface area contributed by atoms with E-state index in [1.807, 2.05) is 0 Å². The Hall–Kier alpha value is -2.01. The van der Waals surface area contributed by atoms with E-state index >= 15 is 0 Å². The number of benzene rings is 2. The quantitative estimate of drug-likeness (QED) is 0.834. The lowest BCUT2D eigenvalue weighted by Gasteiger charge is -2.06. The molecule has 2 aromatic rings. The number of aromatic carboxylic acids is 1. The maximum atomic E-state index is 13.0. The Morgan fingerprint density at radius 2 is 2.00 bits per heavy atom. The zero-order chi connectivity index (χ0) is 13.1. The first-order valence-electron chi connectivity index (χ1n) is 5.12. The van der Waals surface area contributed by atoms with Crippen molar-refractivity contribution in [3.63, 3.8) is 0 Å². The highest BCUT2D eigenvalue weighted by Crippen LogP contribution is 2.32. The van der Waals surface area contributed by atoms with E-state index in [1.54, 1.807) is 12.1 Å². The van der Waals surface area contributed by atoms with Gasteiger partial charge in [0.05, 0.1) is 5.56 Å². The van der Waals surface area contributed by atoms with Crippen molar-refractivity contribution in [1.29, 1.82) is 0 Å².